The van der Waals surface area contributed by atoms with Gasteiger partial charge in [-0.2, -0.15) is 0 Å². The summed E-state index contributed by atoms with van der Waals surface area (Å²) in [5, 5.41) is 0. The zero-order valence-electron chi connectivity index (χ0n) is 13.4. The van der Waals surface area contributed by atoms with Crippen LogP contribution in [0.3, 0.4) is 0 Å². The van der Waals surface area contributed by atoms with E-state index in [4.69, 9.17) is 21.1 Å². The van der Waals surface area contributed by atoms with E-state index in [-0.39, 0.29) is 19.1 Å². The second-order valence-electron chi connectivity index (χ2n) is 4.64. The lowest BCUT2D eigenvalue weighted by Gasteiger charge is -2.28. The predicted octanol–water partition coefficient (Wildman–Crippen LogP) is 2.06. The number of rotatable bonds is 7. The summed E-state index contributed by atoms with van der Waals surface area (Å²) in [6.45, 7) is 5.20. The number of amides is 1. The molecule has 1 aromatic rings. The van der Waals surface area contributed by atoms with E-state index in [1.54, 1.807) is 32.0 Å². The zero-order chi connectivity index (χ0) is 17.4. The molecule has 1 aromatic carbocycles. The number of hydrogen-bond acceptors (Lipinski definition) is 5. The highest BCUT2D eigenvalue weighted by Gasteiger charge is 2.39. The summed E-state index contributed by atoms with van der Waals surface area (Å²) in [6.07, 6.45) is 0. The van der Waals surface area contributed by atoms with E-state index < -0.39 is 23.9 Å². The molecule has 0 unspecified atom stereocenters. The lowest BCUT2D eigenvalue weighted by Crippen LogP contribution is -2.52. The molecule has 7 heteroatoms. The van der Waals surface area contributed by atoms with Gasteiger partial charge in [0, 0.05) is 5.69 Å². The van der Waals surface area contributed by atoms with Crippen molar-refractivity contribution >= 4 is 35.1 Å². The van der Waals surface area contributed by atoms with Crippen LogP contribution in [0.25, 0.3) is 0 Å². The van der Waals surface area contributed by atoms with Crippen molar-refractivity contribution in [2.45, 2.75) is 26.8 Å². The van der Waals surface area contributed by atoms with Crippen molar-refractivity contribution in [3.8, 4) is 0 Å². The van der Waals surface area contributed by atoms with Gasteiger partial charge in [0.1, 0.15) is 5.88 Å². The van der Waals surface area contributed by atoms with Gasteiger partial charge in [-0.05, 0) is 38.5 Å². The van der Waals surface area contributed by atoms with Crippen molar-refractivity contribution in [3.05, 3.63) is 29.8 Å². The normalized spacial score (nSPS) is 10.3. The van der Waals surface area contributed by atoms with Crippen molar-refractivity contribution in [1.29, 1.82) is 0 Å². The molecule has 0 spiro atoms. The van der Waals surface area contributed by atoms with Crippen LogP contribution in [-0.2, 0) is 23.9 Å². The minimum Gasteiger partial charge on any atom is -0.464 e. The summed E-state index contributed by atoms with van der Waals surface area (Å²) in [4.78, 5) is 37.7. The molecule has 0 heterocycles. The van der Waals surface area contributed by atoms with Crippen LogP contribution in [0.1, 0.15) is 19.4 Å². The van der Waals surface area contributed by atoms with Gasteiger partial charge >= 0.3 is 11.9 Å². The summed E-state index contributed by atoms with van der Waals surface area (Å²) in [5.41, 5.74) is 1.24. The molecule has 0 aliphatic rings. The van der Waals surface area contributed by atoms with Crippen LogP contribution in [0.15, 0.2) is 24.3 Å². The van der Waals surface area contributed by atoms with Crippen LogP contribution in [0.4, 0.5) is 5.69 Å². The van der Waals surface area contributed by atoms with Gasteiger partial charge in [0.05, 0.1) is 13.2 Å². The number of aryl methyl sites for hydroxylation is 1. The molecular weight excluding hydrogens is 322 g/mol. The standard InChI is InChI=1S/C16H20ClNO5/c1-4-22-15(20)14(16(21)23-5-2)18(13(19)10-17)12-8-6-7-11(3)9-12/h6-9,14H,4-5,10H2,1-3H3. The molecule has 0 atom stereocenters. The number of hydrogen-bond donors (Lipinski definition) is 0. The number of carbonyl (C=O) groups excluding carboxylic acids is 3. The van der Waals surface area contributed by atoms with Gasteiger partial charge in [0.25, 0.3) is 0 Å². The molecule has 0 radical (unpaired) electrons. The molecule has 0 aliphatic carbocycles. The highest BCUT2D eigenvalue weighted by Crippen LogP contribution is 2.21. The monoisotopic (exact) mass is 341 g/mol. The molecule has 0 saturated heterocycles. The molecular formula is C16H20ClNO5. The number of benzene rings is 1. The van der Waals surface area contributed by atoms with Crippen molar-refractivity contribution in [1.82, 2.24) is 0 Å². The molecule has 0 aromatic heterocycles. The second kappa shape index (κ2) is 9.15. The summed E-state index contributed by atoms with van der Waals surface area (Å²) in [6, 6.07) is 5.31. The highest BCUT2D eigenvalue weighted by atomic mass is 35.5. The van der Waals surface area contributed by atoms with E-state index in [1.807, 2.05) is 13.0 Å². The molecule has 0 aliphatic heterocycles. The van der Waals surface area contributed by atoms with E-state index in [0.717, 1.165) is 10.5 Å². The van der Waals surface area contributed by atoms with Gasteiger partial charge in [0.15, 0.2) is 0 Å². The predicted molar refractivity (Wildman–Crippen MR) is 86.4 cm³/mol. The number of halogens is 1. The van der Waals surface area contributed by atoms with Crippen LogP contribution < -0.4 is 4.90 Å². The fourth-order valence-corrected chi connectivity index (χ4v) is 2.16. The van der Waals surface area contributed by atoms with Gasteiger partial charge in [-0.25, -0.2) is 9.59 Å². The molecule has 1 rings (SSSR count). The fourth-order valence-electron chi connectivity index (χ4n) is 2.03. The van der Waals surface area contributed by atoms with Crippen molar-refractivity contribution in [2.75, 3.05) is 24.0 Å². The molecule has 126 valence electrons. The fraction of sp³-hybridized carbons (Fsp3) is 0.438. The Morgan fingerprint density at radius 3 is 2.13 bits per heavy atom. The average Bonchev–Trinajstić information content (AvgIpc) is 2.52. The maximum Gasteiger partial charge on any atom is 0.341 e. The number of alkyl halides is 1. The van der Waals surface area contributed by atoms with E-state index in [0.29, 0.717) is 5.69 Å². The topological polar surface area (TPSA) is 72.9 Å². The number of carbonyl (C=O) groups is 3. The van der Waals surface area contributed by atoms with Crippen molar-refractivity contribution < 1.29 is 23.9 Å². The van der Waals surface area contributed by atoms with Gasteiger partial charge in [0.2, 0.25) is 11.9 Å². The van der Waals surface area contributed by atoms with E-state index >= 15 is 0 Å². The molecule has 0 fully saturated rings. The Kier molecular flexibility index (Phi) is 7.54. The first kappa shape index (κ1) is 19.0. The minimum absolute atomic E-state index is 0.0749. The maximum atomic E-state index is 12.3. The van der Waals surface area contributed by atoms with Gasteiger partial charge < -0.3 is 9.47 Å². The third-order valence-corrected chi connectivity index (χ3v) is 3.17. The SMILES string of the molecule is CCOC(=O)C(C(=O)OCC)N(C(=O)CCl)c1cccc(C)c1. The summed E-state index contributed by atoms with van der Waals surface area (Å²) in [7, 11) is 0. The van der Waals surface area contributed by atoms with Gasteiger partial charge in [-0.1, -0.05) is 12.1 Å². The van der Waals surface area contributed by atoms with Crippen LogP contribution in [0.5, 0.6) is 0 Å². The lowest BCUT2D eigenvalue weighted by atomic mass is 10.1. The Morgan fingerprint density at radius 2 is 1.70 bits per heavy atom. The van der Waals surface area contributed by atoms with Crippen molar-refractivity contribution in [3.63, 3.8) is 0 Å². The molecule has 0 N–H and O–H groups in total. The number of nitrogens with zero attached hydrogens (tertiary/aromatic N) is 1. The first-order valence-corrected chi connectivity index (χ1v) is 7.77. The molecule has 0 saturated carbocycles. The third-order valence-electron chi connectivity index (χ3n) is 2.94. The quantitative estimate of drug-likeness (QED) is 0.431. The third kappa shape index (κ3) is 4.96. The number of anilines is 1. The molecule has 6 nitrogen and oxygen atoms in total. The number of ether oxygens (including phenoxy) is 2. The smallest absolute Gasteiger partial charge is 0.341 e. The Bertz CT molecular complexity index is 557. The summed E-state index contributed by atoms with van der Waals surface area (Å²) < 4.78 is 9.84. The summed E-state index contributed by atoms with van der Waals surface area (Å²) >= 11 is 5.65. The number of esters is 2. The largest absolute Gasteiger partial charge is 0.464 e. The first-order chi connectivity index (χ1) is 11.0. The Balaban J connectivity index is 3.34. The average molecular weight is 342 g/mol. The van der Waals surface area contributed by atoms with Gasteiger partial charge in [-0.3, -0.25) is 9.69 Å². The lowest BCUT2D eigenvalue weighted by molar-refractivity contribution is -0.157. The second-order valence-corrected chi connectivity index (χ2v) is 4.91. The zero-order valence-corrected chi connectivity index (χ0v) is 14.1. The Morgan fingerprint density at radius 1 is 1.13 bits per heavy atom. The van der Waals surface area contributed by atoms with E-state index in [1.165, 1.54) is 0 Å². The van der Waals surface area contributed by atoms with Crippen LogP contribution in [-0.4, -0.2) is 43.0 Å². The Hall–Kier alpha value is -2.08. The van der Waals surface area contributed by atoms with Gasteiger partial charge in [-0.15, -0.1) is 11.6 Å². The van der Waals surface area contributed by atoms with Crippen LogP contribution in [0.2, 0.25) is 0 Å². The molecule has 0 bridgehead atoms. The first-order valence-electron chi connectivity index (χ1n) is 7.24. The van der Waals surface area contributed by atoms with E-state index in [9.17, 15) is 14.4 Å². The maximum absolute atomic E-state index is 12.3. The van der Waals surface area contributed by atoms with Crippen LogP contribution >= 0.6 is 11.6 Å². The Labute approximate surface area is 140 Å². The molecule has 1 amide bonds. The van der Waals surface area contributed by atoms with Crippen molar-refractivity contribution in [2.24, 2.45) is 0 Å². The highest BCUT2D eigenvalue weighted by molar-refractivity contribution is 6.30. The summed E-state index contributed by atoms with van der Waals surface area (Å²) in [5.74, 6) is -2.69. The minimum atomic E-state index is -1.53. The van der Waals surface area contributed by atoms with Crippen LogP contribution in [0, 0.1) is 6.92 Å². The van der Waals surface area contributed by atoms with E-state index in [2.05, 4.69) is 0 Å². The molecule has 23 heavy (non-hydrogen) atoms.